The van der Waals surface area contributed by atoms with Gasteiger partial charge in [0.05, 0.1) is 24.9 Å². The van der Waals surface area contributed by atoms with Gasteiger partial charge in [0, 0.05) is 18.5 Å². The molecule has 1 saturated carbocycles. The molecule has 0 radical (unpaired) electrons. The van der Waals surface area contributed by atoms with Gasteiger partial charge in [-0.3, -0.25) is 14.5 Å². The first kappa shape index (κ1) is 18.8. The van der Waals surface area contributed by atoms with Crippen LogP contribution < -0.4 is 19.7 Å². The number of carbonyl (C=O) groups is 2. The molecule has 2 aliphatic rings. The van der Waals surface area contributed by atoms with E-state index in [2.05, 4.69) is 5.32 Å². The van der Waals surface area contributed by atoms with Crippen LogP contribution in [0.2, 0.25) is 5.02 Å². The smallest absolute Gasteiger partial charge is 0.246 e. The molecule has 1 heterocycles. The number of methoxy groups -OCH3 is 2. The summed E-state index contributed by atoms with van der Waals surface area (Å²) in [6, 6.07) is 3.46. The summed E-state index contributed by atoms with van der Waals surface area (Å²) in [5.41, 5.74) is -0.477. The van der Waals surface area contributed by atoms with Crippen LogP contribution in [0.25, 0.3) is 0 Å². The minimum absolute atomic E-state index is 0.117. The van der Waals surface area contributed by atoms with Crippen molar-refractivity contribution in [2.75, 3.05) is 19.1 Å². The third kappa shape index (κ3) is 3.22. The molecule has 1 N–H and O–H groups in total. The van der Waals surface area contributed by atoms with Crippen molar-refractivity contribution in [1.82, 2.24) is 5.32 Å². The summed E-state index contributed by atoms with van der Waals surface area (Å²) in [6.45, 7) is 1.81. The summed E-state index contributed by atoms with van der Waals surface area (Å²) >= 11 is 6.28. The van der Waals surface area contributed by atoms with Gasteiger partial charge in [-0.15, -0.1) is 0 Å². The first-order valence-corrected chi connectivity index (χ1v) is 9.34. The Morgan fingerprint density at radius 2 is 1.88 bits per heavy atom. The lowest BCUT2D eigenvalue weighted by Gasteiger charge is -2.35. The van der Waals surface area contributed by atoms with Crippen molar-refractivity contribution in [1.29, 1.82) is 0 Å². The molecule has 3 rings (SSSR count). The number of benzene rings is 1. The van der Waals surface area contributed by atoms with Crippen LogP contribution in [0.4, 0.5) is 5.69 Å². The van der Waals surface area contributed by atoms with Gasteiger partial charge in [0.1, 0.15) is 17.0 Å². The molecular formula is C19H25ClN2O4. The molecule has 1 atom stereocenters. The number of anilines is 1. The van der Waals surface area contributed by atoms with Crippen molar-refractivity contribution in [3.63, 3.8) is 0 Å². The average molecular weight is 381 g/mol. The molecule has 1 unspecified atom stereocenters. The van der Waals surface area contributed by atoms with Gasteiger partial charge in [0.25, 0.3) is 0 Å². The van der Waals surface area contributed by atoms with E-state index in [1.165, 1.54) is 19.1 Å². The number of ether oxygens (including phenoxy) is 2. The lowest BCUT2D eigenvalue weighted by atomic mass is 9.96. The zero-order valence-corrected chi connectivity index (χ0v) is 16.2. The third-order valence-corrected chi connectivity index (χ3v) is 5.74. The second-order valence-electron chi connectivity index (χ2n) is 7.12. The predicted octanol–water partition coefficient (Wildman–Crippen LogP) is 3.30. The fourth-order valence-corrected chi connectivity index (χ4v) is 4.13. The van der Waals surface area contributed by atoms with E-state index in [1.54, 1.807) is 19.1 Å². The van der Waals surface area contributed by atoms with Gasteiger partial charge in [-0.05, 0) is 32.3 Å². The van der Waals surface area contributed by atoms with Crippen LogP contribution in [-0.2, 0) is 9.59 Å². The number of rotatable bonds is 5. The van der Waals surface area contributed by atoms with Gasteiger partial charge in [-0.1, -0.05) is 24.4 Å². The van der Waals surface area contributed by atoms with Crippen LogP contribution in [0.3, 0.4) is 0 Å². The normalized spacial score (nSPS) is 23.4. The van der Waals surface area contributed by atoms with Crippen molar-refractivity contribution in [3.05, 3.63) is 17.2 Å². The largest absolute Gasteiger partial charge is 0.495 e. The Kier molecular flexibility index (Phi) is 5.32. The van der Waals surface area contributed by atoms with E-state index in [0.717, 1.165) is 25.7 Å². The van der Waals surface area contributed by atoms with Crippen molar-refractivity contribution >= 4 is 29.1 Å². The standard InChI is InChI=1S/C19H25ClN2O4/c1-19(18(24)21-12-6-4-5-7-12)9-8-17(23)22(19)14-10-13(20)15(25-2)11-16(14)26-3/h10-12H,4-9H2,1-3H3,(H,21,24). The van der Waals surface area contributed by atoms with E-state index < -0.39 is 5.54 Å². The molecule has 142 valence electrons. The molecule has 2 fully saturated rings. The van der Waals surface area contributed by atoms with Crippen molar-refractivity contribution < 1.29 is 19.1 Å². The van der Waals surface area contributed by atoms with Crippen LogP contribution in [0.15, 0.2) is 12.1 Å². The number of hydrogen-bond acceptors (Lipinski definition) is 4. The second kappa shape index (κ2) is 7.35. The maximum absolute atomic E-state index is 13.1. The van der Waals surface area contributed by atoms with E-state index in [1.807, 2.05) is 0 Å². The molecule has 0 bridgehead atoms. The Bertz CT molecular complexity index is 718. The zero-order valence-electron chi connectivity index (χ0n) is 15.4. The first-order valence-electron chi connectivity index (χ1n) is 8.96. The van der Waals surface area contributed by atoms with Gasteiger partial charge < -0.3 is 14.8 Å². The molecule has 1 saturated heterocycles. The SMILES string of the molecule is COc1cc(OC)c(N2C(=O)CCC2(C)C(=O)NC2CCCC2)cc1Cl. The van der Waals surface area contributed by atoms with E-state index in [4.69, 9.17) is 21.1 Å². The van der Waals surface area contributed by atoms with Gasteiger partial charge in [0.15, 0.2) is 0 Å². The predicted molar refractivity (Wildman–Crippen MR) is 100 cm³/mol. The molecule has 0 aromatic heterocycles. The number of nitrogens with one attached hydrogen (secondary N) is 1. The van der Waals surface area contributed by atoms with E-state index in [-0.39, 0.29) is 17.9 Å². The maximum Gasteiger partial charge on any atom is 0.246 e. The van der Waals surface area contributed by atoms with E-state index in [9.17, 15) is 9.59 Å². The summed E-state index contributed by atoms with van der Waals surface area (Å²) < 4.78 is 10.7. The molecule has 1 aliphatic heterocycles. The Labute approximate surface area is 158 Å². The molecule has 6 nitrogen and oxygen atoms in total. The lowest BCUT2D eigenvalue weighted by Crippen LogP contribution is -2.56. The van der Waals surface area contributed by atoms with Crippen LogP contribution in [0.1, 0.15) is 45.4 Å². The summed E-state index contributed by atoms with van der Waals surface area (Å²) in [7, 11) is 3.03. The Balaban J connectivity index is 1.97. The fraction of sp³-hybridized carbons (Fsp3) is 0.579. The summed E-state index contributed by atoms with van der Waals surface area (Å²) in [5, 5.41) is 3.49. The van der Waals surface area contributed by atoms with Crippen LogP contribution in [0, 0.1) is 0 Å². The minimum Gasteiger partial charge on any atom is -0.495 e. The average Bonchev–Trinajstić information content (AvgIpc) is 3.23. The van der Waals surface area contributed by atoms with Gasteiger partial charge in [-0.25, -0.2) is 0 Å². The molecule has 7 heteroatoms. The highest BCUT2D eigenvalue weighted by molar-refractivity contribution is 6.32. The fourth-order valence-electron chi connectivity index (χ4n) is 3.89. The Morgan fingerprint density at radius 1 is 1.23 bits per heavy atom. The molecule has 26 heavy (non-hydrogen) atoms. The van der Waals surface area contributed by atoms with Crippen LogP contribution >= 0.6 is 11.6 Å². The topological polar surface area (TPSA) is 67.9 Å². The molecule has 0 spiro atoms. The monoisotopic (exact) mass is 380 g/mol. The quantitative estimate of drug-likeness (QED) is 0.851. The number of carbonyl (C=O) groups excluding carboxylic acids is 2. The first-order chi connectivity index (χ1) is 12.4. The minimum atomic E-state index is -0.967. The number of amides is 2. The van der Waals surface area contributed by atoms with Crippen molar-refractivity contribution in [2.45, 2.75) is 57.0 Å². The van der Waals surface area contributed by atoms with Crippen LogP contribution in [-0.4, -0.2) is 37.6 Å². The zero-order chi connectivity index (χ0) is 18.9. The van der Waals surface area contributed by atoms with Gasteiger partial charge in [0.2, 0.25) is 11.8 Å². The molecule has 1 aromatic rings. The summed E-state index contributed by atoms with van der Waals surface area (Å²) in [5.74, 6) is 0.662. The number of hydrogen-bond donors (Lipinski definition) is 1. The van der Waals surface area contributed by atoms with Crippen molar-refractivity contribution in [3.8, 4) is 11.5 Å². The Morgan fingerprint density at radius 3 is 2.50 bits per heavy atom. The number of nitrogens with zero attached hydrogens (tertiary/aromatic N) is 1. The third-order valence-electron chi connectivity index (χ3n) is 5.44. The molecule has 1 aliphatic carbocycles. The second-order valence-corrected chi connectivity index (χ2v) is 7.52. The van der Waals surface area contributed by atoms with Gasteiger partial charge >= 0.3 is 0 Å². The highest BCUT2D eigenvalue weighted by Crippen LogP contribution is 2.44. The highest BCUT2D eigenvalue weighted by Gasteiger charge is 2.49. The lowest BCUT2D eigenvalue weighted by molar-refractivity contribution is -0.127. The molecule has 1 aromatic carbocycles. The molecular weight excluding hydrogens is 356 g/mol. The van der Waals surface area contributed by atoms with E-state index >= 15 is 0 Å². The summed E-state index contributed by atoms with van der Waals surface area (Å²) in [6.07, 6.45) is 5.01. The van der Waals surface area contributed by atoms with E-state index in [0.29, 0.717) is 35.1 Å². The maximum atomic E-state index is 13.1. The van der Waals surface area contributed by atoms with Crippen molar-refractivity contribution in [2.24, 2.45) is 0 Å². The number of halogens is 1. The van der Waals surface area contributed by atoms with Gasteiger partial charge in [-0.2, -0.15) is 0 Å². The Hall–Kier alpha value is -1.95. The highest BCUT2D eigenvalue weighted by atomic mass is 35.5. The molecule has 2 amide bonds. The van der Waals surface area contributed by atoms with Crippen LogP contribution in [0.5, 0.6) is 11.5 Å². The summed E-state index contributed by atoms with van der Waals surface area (Å²) in [4.78, 5) is 27.3.